The molecule has 0 aliphatic carbocycles. The summed E-state index contributed by atoms with van der Waals surface area (Å²) in [6, 6.07) is 24.3. The molecular weight excluding hydrogens is 414 g/mol. The van der Waals surface area contributed by atoms with Gasteiger partial charge in [0, 0.05) is 23.0 Å². The van der Waals surface area contributed by atoms with Gasteiger partial charge < -0.3 is 9.72 Å². The van der Waals surface area contributed by atoms with Gasteiger partial charge in [-0.1, -0.05) is 60.7 Å². The predicted molar refractivity (Wildman–Crippen MR) is 125 cm³/mol. The number of imide groups is 1. The minimum Gasteiger partial charge on any atom is -0.497 e. The van der Waals surface area contributed by atoms with Crippen molar-refractivity contribution in [3.8, 4) is 5.75 Å². The predicted octanol–water partition coefficient (Wildman–Crippen LogP) is 4.66. The van der Waals surface area contributed by atoms with E-state index in [4.69, 9.17) is 4.74 Å². The smallest absolute Gasteiger partial charge is 0.328 e. The zero-order valence-electron chi connectivity index (χ0n) is 18.2. The van der Waals surface area contributed by atoms with Crippen LogP contribution in [0.15, 0.2) is 78.9 Å². The van der Waals surface area contributed by atoms with E-state index in [1.165, 1.54) is 4.90 Å². The van der Waals surface area contributed by atoms with E-state index in [1.54, 1.807) is 12.0 Å². The number of methoxy groups -OCH3 is 1. The number of H-pyrrole nitrogens is 1. The zero-order chi connectivity index (χ0) is 22.5. The molecule has 164 valence electrons. The Kier molecular flexibility index (Phi) is 4.47. The molecule has 0 saturated carbocycles. The van der Waals surface area contributed by atoms with Crippen LogP contribution in [0.1, 0.15) is 28.4 Å². The number of ether oxygens (including phenoxy) is 1. The van der Waals surface area contributed by atoms with E-state index in [1.807, 2.05) is 72.8 Å². The number of aromatic nitrogens is 1. The molecule has 1 saturated heterocycles. The Morgan fingerprint density at radius 1 is 0.939 bits per heavy atom. The van der Waals surface area contributed by atoms with Gasteiger partial charge in [0.25, 0.3) is 5.91 Å². The molecule has 1 aromatic heterocycles. The Bertz CT molecular complexity index is 1360. The minimum atomic E-state index is -0.528. The molecule has 3 amide bonds. The fourth-order valence-corrected chi connectivity index (χ4v) is 5.17. The number of amides is 3. The fraction of sp³-hybridized carbons (Fsp3) is 0.185. The molecule has 0 bridgehead atoms. The van der Waals surface area contributed by atoms with Crippen LogP contribution in [-0.4, -0.2) is 39.9 Å². The molecule has 0 unspecified atom stereocenters. The number of para-hydroxylation sites is 1. The number of rotatable bonds is 4. The summed E-state index contributed by atoms with van der Waals surface area (Å²) >= 11 is 0. The second-order valence-corrected chi connectivity index (χ2v) is 8.56. The van der Waals surface area contributed by atoms with Crippen molar-refractivity contribution in [2.24, 2.45) is 0 Å². The van der Waals surface area contributed by atoms with E-state index in [-0.39, 0.29) is 24.5 Å². The molecule has 2 aliphatic heterocycles. The molecule has 1 N–H and O–H groups in total. The van der Waals surface area contributed by atoms with Crippen LogP contribution < -0.4 is 4.74 Å². The van der Waals surface area contributed by atoms with Crippen molar-refractivity contribution in [1.82, 2.24) is 14.8 Å². The lowest BCUT2D eigenvalue weighted by atomic mass is 9.89. The molecule has 6 nitrogen and oxygen atoms in total. The molecule has 0 radical (unpaired) electrons. The summed E-state index contributed by atoms with van der Waals surface area (Å²) < 4.78 is 5.33. The topological polar surface area (TPSA) is 65.6 Å². The number of hydrogen-bond donors (Lipinski definition) is 1. The van der Waals surface area contributed by atoms with Crippen molar-refractivity contribution in [2.75, 3.05) is 7.11 Å². The van der Waals surface area contributed by atoms with E-state index in [2.05, 4.69) is 11.1 Å². The standard InChI is InChI=1S/C27H23N3O3/c1-33-19-13-11-18(12-14-19)25-24-21(20-9-5-6-10-22(20)28-24)15-23-26(31)29(27(32)30(23)25)16-17-7-3-2-4-8-17/h2-14,23,25,28H,15-16H2,1H3/t23-,25-/m0/s1. The number of nitrogens with one attached hydrogen (secondary N) is 1. The minimum absolute atomic E-state index is 0.140. The third kappa shape index (κ3) is 3.02. The Labute approximate surface area is 191 Å². The molecule has 6 rings (SSSR count). The van der Waals surface area contributed by atoms with Crippen molar-refractivity contribution in [2.45, 2.75) is 25.0 Å². The van der Waals surface area contributed by atoms with Crippen LogP contribution in [0.3, 0.4) is 0 Å². The number of carbonyl (C=O) groups excluding carboxylic acids is 2. The van der Waals surface area contributed by atoms with Gasteiger partial charge in [0.05, 0.1) is 13.7 Å². The van der Waals surface area contributed by atoms with Gasteiger partial charge in [-0.15, -0.1) is 0 Å². The molecule has 3 heterocycles. The maximum Gasteiger partial charge on any atom is 0.328 e. The first-order chi connectivity index (χ1) is 16.2. The number of nitrogens with zero attached hydrogens (tertiary/aromatic N) is 2. The van der Waals surface area contributed by atoms with Crippen LogP contribution in [-0.2, 0) is 17.8 Å². The highest BCUT2D eigenvalue weighted by atomic mass is 16.5. The van der Waals surface area contributed by atoms with Crippen molar-refractivity contribution >= 4 is 22.8 Å². The first-order valence-corrected chi connectivity index (χ1v) is 11.1. The largest absolute Gasteiger partial charge is 0.497 e. The monoisotopic (exact) mass is 437 g/mol. The van der Waals surface area contributed by atoms with Crippen LogP contribution in [0.5, 0.6) is 5.75 Å². The van der Waals surface area contributed by atoms with E-state index in [0.717, 1.165) is 39.0 Å². The van der Waals surface area contributed by atoms with E-state index < -0.39 is 6.04 Å². The number of fused-ring (bicyclic) bond motifs is 4. The maximum atomic E-state index is 13.7. The highest BCUT2D eigenvalue weighted by Crippen LogP contribution is 2.44. The summed E-state index contributed by atoms with van der Waals surface area (Å²) in [5.41, 5.74) is 4.97. The molecule has 6 heteroatoms. The Hall–Kier alpha value is -4.06. The van der Waals surface area contributed by atoms with Crippen LogP contribution in [0.2, 0.25) is 0 Å². The molecule has 33 heavy (non-hydrogen) atoms. The summed E-state index contributed by atoms with van der Waals surface area (Å²) in [6.07, 6.45) is 0.502. The van der Waals surface area contributed by atoms with Gasteiger partial charge in [-0.05, 0) is 34.9 Å². The lowest BCUT2D eigenvalue weighted by molar-refractivity contribution is -0.129. The van der Waals surface area contributed by atoms with Gasteiger partial charge >= 0.3 is 6.03 Å². The first kappa shape index (κ1) is 19.6. The number of aromatic amines is 1. The Balaban J connectivity index is 1.48. The number of urea groups is 1. The van der Waals surface area contributed by atoms with Gasteiger partial charge in [0.1, 0.15) is 17.8 Å². The van der Waals surface area contributed by atoms with Crippen LogP contribution in [0, 0.1) is 0 Å². The van der Waals surface area contributed by atoms with Gasteiger partial charge in [0.2, 0.25) is 0 Å². The number of carbonyl (C=O) groups is 2. The Morgan fingerprint density at radius 2 is 1.67 bits per heavy atom. The molecule has 4 aromatic rings. The van der Waals surface area contributed by atoms with E-state index >= 15 is 0 Å². The van der Waals surface area contributed by atoms with Crippen molar-refractivity contribution < 1.29 is 14.3 Å². The molecular formula is C27H23N3O3. The van der Waals surface area contributed by atoms with Crippen LogP contribution in [0.4, 0.5) is 4.79 Å². The highest BCUT2D eigenvalue weighted by Gasteiger charge is 2.52. The number of benzene rings is 3. The summed E-state index contributed by atoms with van der Waals surface area (Å²) in [5, 5.41) is 1.10. The fourth-order valence-electron chi connectivity index (χ4n) is 5.17. The van der Waals surface area contributed by atoms with Crippen LogP contribution >= 0.6 is 0 Å². The molecule has 1 fully saturated rings. The lowest BCUT2D eigenvalue weighted by Gasteiger charge is -2.36. The second kappa shape index (κ2) is 7.52. The molecule has 0 spiro atoms. The zero-order valence-corrected chi connectivity index (χ0v) is 18.2. The van der Waals surface area contributed by atoms with Gasteiger partial charge in [0.15, 0.2) is 0 Å². The summed E-state index contributed by atoms with van der Waals surface area (Å²) in [4.78, 5) is 33.9. The molecule has 2 aliphatic rings. The average molecular weight is 437 g/mol. The second-order valence-electron chi connectivity index (χ2n) is 8.56. The average Bonchev–Trinajstić information content (AvgIpc) is 3.34. The van der Waals surface area contributed by atoms with E-state index in [0.29, 0.717) is 6.42 Å². The normalized spacial score (nSPS) is 19.7. The van der Waals surface area contributed by atoms with Crippen molar-refractivity contribution in [1.29, 1.82) is 0 Å². The summed E-state index contributed by atoms with van der Waals surface area (Å²) in [5.74, 6) is 0.607. The van der Waals surface area contributed by atoms with Gasteiger partial charge in [-0.2, -0.15) is 0 Å². The molecule has 2 atom stereocenters. The highest BCUT2D eigenvalue weighted by molar-refractivity contribution is 6.05. The third-order valence-electron chi connectivity index (χ3n) is 6.75. The van der Waals surface area contributed by atoms with Gasteiger partial charge in [-0.25, -0.2) is 4.79 Å². The first-order valence-electron chi connectivity index (χ1n) is 11.1. The van der Waals surface area contributed by atoms with Crippen molar-refractivity contribution in [3.63, 3.8) is 0 Å². The number of hydrogen-bond acceptors (Lipinski definition) is 3. The summed E-state index contributed by atoms with van der Waals surface area (Å²) in [6.45, 7) is 0.273. The quantitative estimate of drug-likeness (QED) is 0.473. The van der Waals surface area contributed by atoms with Gasteiger partial charge in [-0.3, -0.25) is 14.6 Å². The molecule has 3 aromatic carbocycles. The van der Waals surface area contributed by atoms with Crippen LogP contribution in [0.25, 0.3) is 10.9 Å². The lowest BCUT2D eigenvalue weighted by Crippen LogP contribution is -2.44. The Morgan fingerprint density at radius 3 is 2.42 bits per heavy atom. The summed E-state index contributed by atoms with van der Waals surface area (Å²) in [7, 11) is 1.63. The maximum absolute atomic E-state index is 13.7. The third-order valence-corrected chi connectivity index (χ3v) is 6.75. The van der Waals surface area contributed by atoms with Crippen molar-refractivity contribution in [3.05, 3.63) is 101 Å². The SMILES string of the molecule is COc1ccc([C@H]2c3[nH]c4ccccc4c3C[C@H]3C(=O)N(Cc4ccccc4)C(=O)N23)cc1. The van der Waals surface area contributed by atoms with E-state index in [9.17, 15) is 9.59 Å².